The van der Waals surface area contributed by atoms with Crippen molar-refractivity contribution in [2.45, 2.75) is 18.9 Å². The number of para-hydroxylation sites is 1. The molecule has 28 heavy (non-hydrogen) atoms. The van der Waals surface area contributed by atoms with E-state index in [1.54, 1.807) is 16.2 Å². The smallest absolute Gasteiger partial charge is 0.321 e. The topological polar surface area (TPSA) is 55.9 Å². The van der Waals surface area contributed by atoms with Gasteiger partial charge < -0.3 is 15.1 Å². The van der Waals surface area contributed by atoms with Crippen molar-refractivity contribution in [1.29, 1.82) is 0 Å². The molecule has 2 aliphatic heterocycles. The highest BCUT2D eigenvalue weighted by Crippen LogP contribution is 2.34. The Morgan fingerprint density at radius 3 is 2.43 bits per heavy atom. The van der Waals surface area contributed by atoms with Crippen LogP contribution in [-0.2, 0) is 4.79 Å². The molecule has 1 unspecified atom stereocenters. The molecule has 2 fully saturated rings. The third-order valence-corrected chi connectivity index (χ3v) is 6.49. The maximum Gasteiger partial charge on any atom is 0.321 e. The maximum atomic E-state index is 12.8. The molecular weight excluding hydrogens is 372 g/mol. The second-order valence-electron chi connectivity index (χ2n) is 7.31. The average Bonchev–Trinajstić information content (AvgIpc) is 3.40. The molecule has 1 aromatic carbocycles. The molecular formula is C21H26N4O2S. The first-order valence-corrected chi connectivity index (χ1v) is 10.7. The van der Waals surface area contributed by atoms with Crippen LogP contribution in [0.25, 0.3) is 0 Å². The lowest BCUT2D eigenvalue weighted by Gasteiger charge is -2.36. The van der Waals surface area contributed by atoms with E-state index in [1.807, 2.05) is 35.2 Å². The number of anilines is 1. The number of nitrogens with one attached hydrogen (secondary N) is 1. The Labute approximate surface area is 169 Å². The fourth-order valence-electron chi connectivity index (χ4n) is 3.98. The van der Waals surface area contributed by atoms with Gasteiger partial charge in [-0.2, -0.15) is 0 Å². The van der Waals surface area contributed by atoms with Gasteiger partial charge >= 0.3 is 6.03 Å². The fourth-order valence-corrected chi connectivity index (χ4v) is 4.87. The van der Waals surface area contributed by atoms with Crippen LogP contribution in [0.5, 0.6) is 0 Å². The van der Waals surface area contributed by atoms with Crippen LogP contribution in [0.3, 0.4) is 0 Å². The molecule has 1 atom stereocenters. The number of thiophene rings is 1. The van der Waals surface area contributed by atoms with E-state index in [2.05, 4.69) is 27.7 Å². The number of likely N-dealkylation sites (tertiary alicyclic amines) is 1. The van der Waals surface area contributed by atoms with Gasteiger partial charge in [-0.25, -0.2) is 4.79 Å². The average molecular weight is 399 g/mol. The lowest BCUT2D eigenvalue weighted by molar-refractivity contribution is -0.134. The summed E-state index contributed by atoms with van der Waals surface area (Å²) in [5, 5.41) is 5.02. The lowest BCUT2D eigenvalue weighted by Crippen LogP contribution is -2.53. The summed E-state index contributed by atoms with van der Waals surface area (Å²) in [6.07, 6.45) is 2.27. The number of hydrogen-bond acceptors (Lipinski definition) is 4. The van der Waals surface area contributed by atoms with Crippen LogP contribution >= 0.6 is 11.3 Å². The van der Waals surface area contributed by atoms with Crippen LogP contribution in [0.2, 0.25) is 0 Å². The molecule has 1 aromatic heterocycles. The monoisotopic (exact) mass is 398 g/mol. The van der Waals surface area contributed by atoms with Crippen molar-refractivity contribution < 1.29 is 9.59 Å². The summed E-state index contributed by atoms with van der Waals surface area (Å²) in [6.45, 7) is 3.78. The largest absolute Gasteiger partial charge is 0.338 e. The Bertz CT molecular complexity index is 788. The molecule has 7 heteroatoms. The number of nitrogens with zero attached hydrogens (tertiary/aromatic N) is 3. The fraction of sp³-hybridized carbons (Fsp3) is 0.429. The van der Waals surface area contributed by atoms with Crippen molar-refractivity contribution in [2.24, 2.45) is 0 Å². The van der Waals surface area contributed by atoms with Gasteiger partial charge in [0, 0.05) is 42.8 Å². The molecule has 0 bridgehead atoms. The highest BCUT2D eigenvalue weighted by atomic mass is 32.1. The Balaban J connectivity index is 1.26. The van der Waals surface area contributed by atoms with Gasteiger partial charge in [0.05, 0.1) is 6.54 Å². The Morgan fingerprint density at radius 1 is 0.964 bits per heavy atom. The number of amides is 3. The van der Waals surface area contributed by atoms with Crippen molar-refractivity contribution in [3.63, 3.8) is 0 Å². The van der Waals surface area contributed by atoms with E-state index in [1.165, 1.54) is 4.88 Å². The molecule has 4 rings (SSSR count). The number of rotatable bonds is 4. The van der Waals surface area contributed by atoms with Crippen LogP contribution in [-0.4, -0.2) is 65.9 Å². The molecule has 148 valence electrons. The molecule has 1 N–H and O–H groups in total. The van der Waals surface area contributed by atoms with E-state index < -0.39 is 0 Å². The zero-order chi connectivity index (χ0) is 19.3. The molecule has 2 aliphatic rings. The van der Waals surface area contributed by atoms with Crippen LogP contribution in [0.15, 0.2) is 47.8 Å². The first kappa shape index (κ1) is 19.0. The molecule has 2 saturated heterocycles. The lowest BCUT2D eigenvalue weighted by atomic mass is 10.2. The van der Waals surface area contributed by atoms with Crippen molar-refractivity contribution in [3.05, 3.63) is 52.7 Å². The SMILES string of the molecule is O=C(CN1CCCC1c1cccs1)N1CCN(C(=O)Nc2ccccc2)CC1. The molecule has 0 spiro atoms. The van der Waals surface area contributed by atoms with E-state index in [-0.39, 0.29) is 11.9 Å². The first-order chi connectivity index (χ1) is 13.7. The van der Waals surface area contributed by atoms with Gasteiger partial charge in [0.2, 0.25) is 5.91 Å². The van der Waals surface area contributed by atoms with Crippen LogP contribution in [0.4, 0.5) is 10.5 Å². The van der Waals surface area contributed by atoms with Gasteiger partial charge in [0.15, 0.2) is 0 Å². The number of benzene rings is 1. The third kappa shape index (κ3) is 4.36. The molecule has 6 nitrogen and oxygen atoms in total. The number of carbonyl (C=O) groups excluding carboxylic acids is 2. The summed E-state index contributed by atoms with van der Waals surface area (Å²) in [6, 6.07) is 14.0. The minimum absolute atomic E-state index is 0.101. The van der Waals surface area contributed by atoms with Gasteiger partial charge in [-0.15, -0.1) is 11.3 Å². The number of carbonyl (C=O) groups is 2. The van der Waals surface area contributed by atoms with Crippen LogP contribution in [0, 0.1) is 0 Å². The van der Waals surface area contributed by atoms with E-state index in [4.69, 9.17) is 0 Å². The second kappa shape index (κ2) is 8.75. The van der Waals surface area contributed by atoms with Gasteiger partial charge in [-0.1, -0.05) is 24.3 Å². The Hall–Kier alpha value is -2.38. The molecule has 2 aromatic rings. The minimum atomic E-state index is -0.101. The molecule has 0 saturated carbocycles. The standard InChI is InChI=1S/C21H26N4O2S/c26-20(16-25-10-4-8-18(25)19-9-5-15-28-19)23-11-13-24(14-12-23)21(27)22-17-6-2-1-3-7-17/h1-3,5-7,9,15,18H,4,8,10-14,16H2,(H,22,27). The van der Waals surface area contributed by atoms with E-state index in [0.29, 0.717) is 38.8 Å². The normalized spacial score (nSPS) is 20.4. The van der Waals surface area contributed by atoms with E-state index in [9.17, 15) is 9.59 Å². The molecule has 3 heterocycles. The molecule has 3 amide bonds. The van der Waals surface area contributed by atoms with Gasteiger partial charge in [-0.3, -0.25) is 9.69 Å². The summed E-state index contributed by atoms with van der Waals surface area (Å²) in [5.41, 5.74) is 0.791. The predicted octanol–water partition coefficient (Wildman–Crippen LogP) is 3.26. The summed E-state index contributed by atoms with van der Waals surface area (Å²) < 4.78 is 0. The summed E-state index contributed by atoms with van der Waals surface area (Å²) in [4.78, 5) is 32.5. The van der Waals surface area contributed by atoms with E-state index in [0.717, 1.165) is 25.1 Å². The quantitative estimate of drug-likeness (QED) is 0.860. The predicted molar refractivity (Wildman–Crippen MR) is 111 cm³/mol. The van der Waals surface area contributed by atoms with Crippen LogP contribution in [0.1, 0.15) is 23.8 Å². The number of urea groups is 1. The summed E-state index contributed by atoms with van der Waals surface area (Å²) >= 11 is 1.77. The van der Waals surface area contributed by atoms with Gasteiger partial charge in [0.25, 0.3) is 0 Å². The van der Waals surface area contributed by atoms with Crippen molar-refractivity contribution in [3.8, 4) is 0 Å². The Morgan fingerprint density at radius 2 is 1.71 bits per heavy atom. The molecule has 0 aliphatic carbocycles. The maximum absolute atomic E-state index is 12.8. The van der Waals surface area contributed by atoms with E-state index >= 15 is 0 Å². The first-order valence-electron chi connectivity index (χ1n) is 9.87. The molecule has 0 radical (unpaired) electrons. The Kier molecular flexibility index (Phi) is 5.92. The highest BCUT2D eigenvalue weighted by molar-refractivity contribution is 7.10. The number of piperazine rings is 1. The number of hydrogen-bond donors (Lipinski definition) is 1. The second-order valence-corrected chi connectivity index (χ2v) is 8.29. The zero-order valence-corrected chi connectivity index (χ0v) is 16.7. The highest BCUT2D eigenvalue weighted by Gasteiger charge is 2.31. The third-order valence-electron chi connectivity index (χ3n) is 5.52. The minimum Gasteiger partial charge on any atom is -0.338 e. The van der Waals surface area contributed by atoms with Gasteiger partial charge in [0.1, 0.15) is 0 Å². The zero-order valence-electron chi connectivity index (χ0n) is 15.9. The van der Waals surface area contributed by atoms with Gasteiger partial charge in [-0.05, 0) is 43.0 Å². The van der Waals surface area contributed by atoms with Crippen molar-refractivity contribution in [1.82, 2.24) is 14.7 Å². The van der Waals surface area contributed by atoms with Crippen molar-refractivity contribution >= 4 is 29.0 Å². The summed E-state index contributed by atoms with van der Waals surface area (Å²) in [7, 11) is 0. The van der Waals surface area contributed by atoms with Crippen LogP contribution < -0.4 is 5.32 Å². The van der Waals surface area contributed by atoms with Crippen molar-refractivity contribution in [2.75, 3.05) is 44.6 Å². The summed E-state index contributed by atoms with van der Waals surface area (Å²) in [5.74, 6) is 0.173.